The molecular weight excluding hydrogens is 246 g/mol. The third-order valence-electron chi connectivity index (χ3n) is 2.48. The normalized spacial score (nSPS) is 16.2. The summed E-state index contributed by atoms with van der Waals surface area (Å²) in [7, 11) is 0. The van der Waals surface area contributed by atoms with Gasteiger partial charge in [0.05, 0.1) is 19.3 Å². The fourth-order valence-corrected chi connectivity index (χ4v) is 1.93. The molecule has 1 N–H and O–H groups in total. The van der Waals surface area contributed by atoms with Gasteiger partial charge in [0.1, 0.15) is 5.52 Å². The molecule has 1 aliphatic rings. The van der Waals surface area contributed by atoms with E-state index in [1.165, 1.54) is 11.2 Å². The van der Waals surface area contributed by atoms with Crippen molar-refractivity contribution in [2.45, 2.75) is 6.42 Å². The zero-order chi connectivity index (χ0) is 12.0. The molecule has 0 aliphatic carbocycles. The van der Waals surface area contributed by atoms with E-state index in [9.17, 15) is 9.59 Å². The molecule has 0 aromatic carbocycles. The fourth-order valence-electron chi connectivity index (χ4n) is 1.76. The summed E-state index contributed by atoms with van der Waals surface area (Å²) in [6.07, 6.45) is 1.33. The van der Waals surface area contributed by atoms with Crippen molar-refractivity contribution in [2.24, 2.45) is 0 Å². The van der Waals surface area contributed by atoms with E-state index in [0.29, 0.717) is 17.0 Å². The minimum atomic E-state index is -0.291. The van der Waals surface area contributed by atoms with Crippen LogP contribution in [0.5, 0.6) is 0 Å². The second-order valence-corrected chi connectivity index (χ2v) is 3.95. The Morgan fingerprint density at radius 2 is 2.18 bits per heavy atom. The van der Waals surface area contributed by atoms with Crippen LogP contribution >= 0.6 is 11.6 Å². The van der Waals surface area contributed by atoms with Crippen molar-refractivity contribution in [2.75, 3.05) is 11.4 Å². The number of rotatable bonds is 1. The Bertz CT molecular complexity index is 637. The number of carbonyl (C=O) groups is 2. The van der Waals surface area contributed by atoms with E-state index >= 15 is 0 Å². The van der Waals surface area contributed by atoms with Gasteiger partial charge in [0.15, 0.2) is 17.2 Å². The van der Waals surface area contributed by atoms with Crippen molar-refractivity contribution in [1.29, 1.82) is 0 Å². The smallest absolute Gasteiger partial charge is 0.236 e. The van der Waals surface area contributed by atoms with Crippen LogP contribution < -0.4 is 4.90 Å². The Balaban J connectivity index is 2.19. The first kappa shape index (κ1) is 10.2. The lowest BCUT2D eigenvalue weighted by Gasteiger charge is -2.13. The van der Waals surface area contributed by atoms with Crippen LogP contribution in [-0.4, -0.2) is 38.2 Å². The first-order chi connectivity index (χ1) is 8.15. The van der Waals surface area contributed by atoms with Gasteiger partial charge in [0.2, 0.25) is 11.2 Å². The molecule has 3 heterocycles. The van der Waals surface area contributed by atoms with Crippen molar-refractivity contribution in [1.82, 2.24) is 19.9 Å². The summed E-state index contributed by atoms with van der Waals surface area (Å²) in [5.74, 6) is -0.133. The number of nitrogens with one attached hydrogen (secondary N) is 1. The van der Waals surface area contributed by atoms with Crippen LogP contribution in [-0.2, 0) is 9.59 Å². The molecule has 0 atom stereocenters. The van der Waals surface area contributed by atoms with Gasteiger partial charge < -0.3 is 4.98 Å². The van der Waals surface area contributed by atoms with E-state index in [2.05, 4.69) is 19.9 Å². The molecule has 0 bridgehead atoms. The molecule has 1 amide bonds. The number of aromatic nitrogens is 4. The van der Waals surface area contributed by atoms with Gasteiger partial charge in [-0.05, 0) is 11.6 Å². The SMILES string of the molecule is O=C1CC(=O)N(c2nc(Cl)nc3nc[nH]c23)C1. The van der Waals surface area contributed by atoms with Gasteiger partial charge in [0.25, 0.3) is 0 Å². The Morgan fingerprint density at radius 1 is 1.35 bits per heavy atom. The second kappa shape index (κ2) is 3.49. The molecule has 0 saturated carbocycles. The fraction of sp³-hybridized carbons (Fsp3) is 0.222. The summed E-state index contributed by atoms with van der Waals surface area (Å²) < 4.78 is 0. The Hall–Kier alpha value is -2.02. The number of carbonyl (C=O) groups excluding carboxylic acids is 2. The summed E-state index contributed by atoms with van der Waals surface area (Å²) in [6, 6.07) is 0. The molecule has 0 unspecified atom stereocenters. The van der Waals surface area contributed by atoms with Gasteiger partial charge in [-0.25, -0.2) is 4.98 Å². The summed E-state index contributed by atoms with van der Waals surface area (Å²) >= 11 is 5.74. The number of imidazole rings is 1. The van der Waals surface area contributed by atoms with E-state index in [0.717, 1.165) is 0 Å². The highest BCUT2D eigenvalue weighted by molar-refractivity contribution is 6.29. The quantitative estimate of drug-likeness (QED) is 0.582. The first-order valence-corrected chi connectivity index (χ1v) is 5.21. The number of hydrogen-bond donors (Lipinski definition) is 1. The maximum Gasteiger partial charge on any atom is 0.236 e. The zero-order valence-electron chi connectivity index (χ0n) is 8.47. The van der Waals surface area contributed by atoms with Gasteiger partial charge in [-0.2, -0.15) is 9.97 Å². The Kier molecular flexibility index (Phi) is 2.08. The molecule has 1 fully saturated rings. The average Bonchev–Trinajstić information content (AvgIpc) is 2.83. The highest BCUT2D eigenvalue weighted by Gasteiger charge is 2.31. The standard InChI is InChI=1S/C9H6ClN5O2/c10-9-13-7-6(11-3-12-7)8(14-9)15-2-4(16)1-5(15)17/h3H,1-2H2,(H,11,12,13,14). The number of Topliss-reactive ketones (excluding diaryl/α,β-unsaturated/α-hetero) is 1. The lowest BCUT2D eigenvalue weighted by molar-refractivity contribution is -0.121. The Labute approximate surface area is 99.8 Å². The largest absolute Gasteiger partial charge is 0.340 e. The molecule has 3 rings (SSSR count). The lowest BCUT2D eigenvalue weighted by atomic mass is 10.3. The number of nitrogens with zero attached hydrogens (tertiary/aromatic N) is 4. The molecule has 1 aliphatic heterocycles. The van der Waals surface area contributed by atoms with Crippen molar-refractivity contribution in [3.8, 4) is 0 Å². The third kappa shape index (κ3) is 1.55. The van der Waals surface area contributed by atoms with Crippen molar-refractivity contribution < 1.29 is 9.59 Å². The predicted octanol–water partition coefficient (Wildman–Crippen LogP) is 0.312. The Morgan fingerprint density at radius 3 is 2.88 bits per heavy atom. The maximum absolute atomic E-state index is 11.6. The van der Waals surface area contributed by atoms with Gasteiger partial charge in [0, 0.05) is 0 Å². The number of hydrogen-bond acceptors (Lipinski definition) is 5. The topological polar surface area (TPSA) is 91.8 Å². The summed E-state index contributed by atoms with van der Waals surface area (Å²) in [4.78, 5) is 38.8. The molecule has 8 heteroatoms. The van der Waals surface area contributed by atoms with E-state index in [4.69, 9.17) is 11.6 Å². The molecule has 2 aromatic rings. The number of amides is 1. The van der Waals surface area contributed by atoms with Crippen molar-refractivity contribution >= 4 is 40.3 Å². The van der Waals surface area contributed by atoms with Gasteiger partial charge in [-0.1, -0.05) is 0 Å². The predicted molar refractivity (Wildman–Crippen MR) is 58.7 cm³/mol. The number of anilines is 1. The van der Waals surface area contributed by atoms with Gasteiger partial charge >= 0.3 is 0 Å². The highest BCUT2D eigenvalue weighted by atomic mass is 35.5. The molecule has 0 radical (unpaired) electrons. The number of aromatic amines is 1. The van der Waals surface area contributed by atoms with Crippen LogP contribution in [0.2, 0.25) is 5.28 Å². The first-order valence-electron chi connectivity index (χ1n) is 4.84. The average molecular weight is 252 g/mol. The minimum Gasteiger partial charge on any atom is -0.340 e. The molecule has 2 aromatic heterocycles. The second-order valence-electron chi connectivity index (χ2n) is 3.61. The van der Waals surface area contributed by atoms with Crippen LogP contribution in [0.3, 0.4) is 0 Å². The molecule has 17 heavy (non-hydrogen) atoms. The molecular formula is C9H6ClN5O2. The number of H-pyrrole nitrogens is 1. The van der Waals surface area contributed by atoms with Crippen LogP contribution in [0.25, 0.3) is 11.2 Å². The maximum atomic E-state index is 11.6. The number of halogens is 1. The lowest BCUT2D eigenvalue weighted by Crippen LogP contribution is -2.26. The summed E-state index contributed by atoms with van der Waals surface area (Å²) in [5, 5.41) is -0.00764. The third-order valence-corrected chi connectivity index (χ3v) is 2.65. The summed E-state index contributed by atoms with van der Waals surface area (Å²) in [6.45, 7) is 0.0142. The van der Waals surface area contributed by atoms with E-state index in [1.807, 2.05) is 0 Å². The zero-order valence-corrected chi connectivity index (χ0v) is 9.23. The number of fused-ring (bicyclic) bond motifs is 1. The van der Waals surface area contributed by atoms with Crippen LogP contribution in [0, 0.1) is 0 Å². The molecule has 1 saturated heterocycles. The molecule has 86 valence electrons. The van der Waals surface area contributed by atoms with E-state index in [1.54, 1.807) is 0 Å². The van der Waals surface area contributed by atoms with Gasteiger partial charge in [-0.3, -0.25) is 14.5 Å². The summed E-state index contributed by atoms with van der Waals surface area (Å²) in [5.41, 5.74) is 0.865. The van der Waals surface area contributed by atoms with E-state index in [-0.39, 0.29) is 29.9 Å². The highest BCUT2D eigenvalue weighted by Crippen LogP contribution is 2.25. The van der Waals surface area contributed by atoms with Crippen LogP contribution in [0.1, 0.15) is 6.42 Å². The number of ketones is 1. The van der Waals surface area contributed by atoms with Crippen LogP contribution in [0.15, 0.2) is 6.33 Å². The monoisotopic (exact) mass is 251 g/mol. The van der Waals surface area contributed by atoms with Crippen molar-refractivity contribution in [3.63, 3.8) is 0 Å². The molecule has 7 nitrogen and oxygen atoms in total. The van der Waals surface area contributed by atoms with Crippen molar-refractivity contribution in [3.05, 3.63) is 11.6 Å². The van der Waals surface area contributed by atoms with Gasteiger partial charge in [-0.15, -0.1) is 0 Å². The minimum absolute atomic E-state index is 0.00764. The van der Waals surface area contributed by atoms with E-state index < -0.39 is 0 Å². The van der Waals surface area contributed by atoms with Crippen LogP contribution in [0.4, 0.5) is 5.82 Å². The molecule has 0 spiro atoms.